The van der Waals surface area contributed by atoms with Gasteiger partial charge in [0, 0.05) is 17.0 Å². The van der Waals surface area contributed by atoms with Crippen LogP contribution in [0.1, 0.15) is 13.8 Å². The Labute approximate surface area is 102 Å². The molecule has 6 nitrogen and oxygen atoms in total. The molecular weight excluding hydrogens is 240 g/mol. The van der Waals surface area contributed by atoms with Gasteiger partial charge in [-0.25, -0.2) is 4.79 Å². The number of hydrogen-bond acceptors (Lipinski definition) is 5. The second-order valence-corrected chi connectivity index (χ2v) is 4.46. The quantitative estimate of drug-likeness (QED) is 0.878. The van der Waals surface area contributed by atoms with Crippen LogP contribution in [0.4, 0.5) is 10.8 Å². The standard InChI is InChI=1S/C10H12N4O2S/c1-6(2)11-9(15)12-10-14-13-8(16-10)7-3-4-17-5-7/h3-6H,1-2H3,(H2,11,12,14,15). The average molecular weight is 252 g/mol. The molecule has 0 atom stereocenters. The van der Waals surface area contributed by atoms with Gasteiger partial charge in [-0.3, -0.25) is 5.32 Å². The summed E-state index contributed by atoms with van der Waals surface area (Å²) >= 11 is 1.54. The minimum absolute atomic E-state index is 0.0502. The molecule has 2 aromatic heterocycles. The third-order valence-electron chi connectivity index (χ3n) is 1.83. The molecule has 0 aliphatic rings. The number of hydrogen-bond donors (Lipinski definition) is 2. The lowest BCUT2D eigenvalue weighted by molar-refractivity contribution is 0.249. The van der Waals surface area contributed by atoms with E-state index < -0.39 is 0 Å². The van der Waals surface area contributed by atoms with Gasteiger partial charge in [-0.1, -0.05) is 5.10 Å². The zero-order valence-electron chi connectivity index (χ0n) is 9.43. The highest BCUT2D eigenvalue weighted by molar-refractivity contribution is 7.08. The number of urea groups is 1. The van der Waals surface area contributed by atoms with Gasteiger partial charge >= 0.3 is 12.0 Å². The summed E-state index contributed by atoms with van der Waals surface area (Å²) in [7, 11) is 0. The van der Waals surface area contributed by atoms with Crippen LogP contribution in [0.5, 0.6) is 0 Å². The van der Waals surface area contributed by atoms with Crippen LogP contribution < -0.4 is 10.6 Å². The Kier molecular flexibility index (Phi) is 3.38. The molecule has 17 heavy (non-hydrogen) atoms. The monoisotopic (exact) mass is 252 g/mol. The van der Waals surface area contributed by atoms with Gasteiger partial charge in [0.15, 0.2) is 0 Å². The molecule has 0 aromatic carbocycles. The summed E-state index contributed by atoms with van der Waals surface area (Å²) in [5.74, 6) is 0.395. The first-order valence-corrected chi connectivity index (χ1v) is 6.03. The summed E-state index contributed by atoms with van der Waals surface area (Å²) in [6.07, 6.45) is 0. The lowest BCUT2D eigenvalue weighted by atomic mass is 10.3. The van der Waals surface area contributed by atoms with E-state index in [-0.39, 0.29) is 18.1 Å². The summed E-state index contributed by atoms with van der Waals surface area (Å²) in [5.41, 5.74) is 0.847. The van der Waals surface area contributed by atoms with Gasteiger partial charge in [-0.05, 0) is 25.3 Å². The van der Waals surface area contributed by atoms with Crippen molar-refractivity contribution >= 4 is 23.4 Å². The maximum absolute atomic E-state index is 11.4. The number of amides is 2. The smallest absolute Gasteiger partial charge is 0.324 e. The maximum Gasteiger partial charge on any atom is 0.324 e. The zero-order chi connectivity index (χ0) is 12.3. The van der Waals surface area contributed by atoms with E-state index in [4.69, 9.17) is 4.42 Å². The fourth-order valence-corrected chi connectivity index (χ4v) is 1.80. The van der Waals surface area contributed by atoms with Gasteiger partial charge in [0.2, 0.25) is 0 Å². The lowest BCUT2D eigenvalue weighted by Crippen LogP contribution is -2.34. The molecule has 7 heteroatoms. The van der Waals surface area contributed by atoms with Crippen LogP contribution in [0.25, 0.3) is 11.5 Å². The normalized spacial score (nSPS) is 10.5. The Balaban J connectivity index is 2.02. The fourth-order valence-electron chi connectivity index (χ4n) is 1.17. The van der Waals surface area contributed by atoms with E-state index in [1.54, 1.807) is 0 Å². The van der Waals surface area contributed by atoms with Crippen LogP contribution >= 0.6 is 11.3 Å². The number of nitrogens with one attached hydrogen (secondary N) is 2. The zero-order valence-corrected chi connectivity index (χ0v) is 10.2. The molecule has 90 valence electrons. The first-order valence-electron chi connectivity index (χ1n) is 5.09. The van der Waals surface area contributed by atoms with Gasteiger partial charge in [-0.15, -0.1) is 5.10 Å². The number of rotatable bonds is 3. The van der Waals surface area contributed by atoms with E-state index >= 15 is 0 Å². The molecule has 0 saturated heterocycles. The Morgan fingerprint density at radius 3 is 2.94 bits per heavy atom. The SMILES string of the molecule is CC(C)NC(=O)Nc1nnc(-c2ccsc2)o1. The summed E-state index contributed by atoms with van der Waals surface area (Å²) in [4.78, 5) is 11.4. The number of carbonyl (C=O) groups excluding carboxylic acids is 1. The van der Waals surface area contributed by atoms with Crippen molar-refractivity contribution in [2.75, 3.05) is 5.32 Å². The van der Waals surface area contributed by atoms with Crippen molar-refractivity contribution in [3.63, 3.8) is 0 Å². The molecule has 2 rings (SSSR count). The van der Waals surface area contributed by atoms with Crippen molar-refractivity contribution < 1.29 is 9.21 Å². The van der Waals surface area contributed by atoms with Crippen molar-refractivity contribution in [1.29, 1.82) is 0 Å². The van der Waals surface area contributed by atoms with E-state index in [9.17, 15) is 4.79 Å². The topological polar surface area (TPSA) is 80.0 Å². The molecule has 0 unspecified atom stereocenters. The Morgan fingerprint density at radius 2 is 2.29 bits per heavy atom. The average Bonchev–Trinajstić information content (AvgIpc) is 2.84. The minimum atomic E-state index is -0.361. The molecule has 0 aliphatic carbocycles. The molecular formula is C10H12N4O2S. The maximum atomic E-state index is 11.4. The third-order valence-corrected chi connectivity index (χ3v) is 2.52. The highest BCUT2D eigenvalue weighted by Gasteiger charge is 2.11. The molecule has 0 radical (unpaired) electrons. The van der Waals surface area contributed by atoms with Crippen molar-refractivity contribution in [2.45, 2.75) is 19.9 Å². The van der Waals surface area contributed by atoms with Crippen molar-refractivity contribution in [1.82, 2.24) is 15.5 Å². The highest BCUT2D eigenvalue weighted by atomic mass is 32.1. The molecule has 0 saturated carbocycles. The van der Waals surface area contributed by atoms with Crippen molar-refractivity contribution in [2.24, 2.45) is 0 Å². The number of aromatic nitrogens is 2. The molecule has 0 spiro atoms. The highest BCUT2D eigenvalue weighted by Crippen LogP contribution is 2.21. The van der Waals surface area contributed by atoms with Crippen LogP contribution in [0, 0.1) is 0 Å². The second-order valence-electron chi connectivity index (χ2n) is 3.68. The Morgan fingerprint density at radius 1 is 1.47 bits per heavy atom. The van der Waals surface area contributed by atoms with Gasteiger partial charge in [0.1, 0.15) is 0 Å². The van der Waals surface area contributed by atoms with Gasteiger partial charge in [0.25, 0.3) is 5.89 Å². The van der Waals surface area contributed by atoms with Gasteiger partial charge in [-0.2, -0.15) is 11.3 Å². The predicted molar refractivity (Wildman–Crippen MR) is 64.9 cm³/mol. The van der Waals surface area contributed by atoms with Gasteiger partial charge in [0.05, 0.1) is 0 Å². The van der Waals surface area contributed by atoms with E-state index in [1.165, 1.54) is 11.3 Å². The van der Waals surface area contributed by atoms with Crippen molar-refractivity contribution in [3.8, 4) is 11.5 Å². The molecule has 2 amide bonds. The van der Waals surface area contributed by atoms with E-state index in [0.29, 0.717) is 5.89 Å². The summed E-state index contributed by atoms with van der Waals surface area (Å²) in [6, 6.07) is 1.65. The number of carbonyl (C=O) groups is 1. The first-order chi connectivity index (χ1) is 8.15. The Hall–Kier alpha value is -1.89. The third kappa shape index (κ3) is 3.04. The van der Waals surface area contributed by atoms with E-state index in [2.05, 4.69) is 20.8 Å². The van der Waals surface area contributed by atoms with E-state index in [1.807, 2.05) is 30.7 Å². The molecule has 2 heterocycles. The summed E-state index contributed by atoms with van der Waals surface area (Å²) < 4.78 is 5.29. The number of nitrogens with zero attached hydrogens (tertiary/aromatic N) is 2. The lowest BCUT2D eigenvalue weighted by Gasteiger charge is -2.06. The molecule has 0 fully saturated rings. The second kappa shape index (κ2) is 4.96. The Bertz CT molecular complexity index is 492. The number of anilines is 1. The van der Waals surface area contributed by atoms with Crippen LogP contribution in [-0.2, 0) is 0 Å². The number of thiophene rings is 1. The van der Waals surface area contributed by atoms with Gasteiger partial charge < -0.3 is 9.73 Å². The van der Waals surface area contributed by atoms with Crippen LogP contribution in [0.3, 0.4) is 0 Å². The fraction of sp³-hybridized carbons (Fsp3) is 0.300. The molecule has 0 aliphatic heterocycles. The van der Waals surface area contributed by atoms with Crippen molar-refractivity contribution in [3.05, 3.63) is 16.8 Å². The molecule has 0 bridgehead atoms. The minimum Gasteiger partial charge on any atom is -0.403 e. The molecule has 2 N–H and O–H groups in total. The predicted octanol–water partition coefficient (Wildman–Crippen LogP) is 2.33. The molecule has 2 aromatic rings. The summed E-state index contributed by atoms with van der Waals surface area (Å²) in [6.45, 7) is 3.73. The van der Waals surface area contributed by atoms with E-state index in [0.717, 1.165) is 5.56 Å². The first kappa shape index (κ1) is 11.6. The van der Waals surface area contributed by atoms with Crippen LogP contribution in [0.2, 0.25) is 0 Å². The summed E-state index contributed by atoms with van der Waals surface area (Å²) in [5, 5.41) is 16.5. The van der Waals surface area contributed by atoms with Crippen LogP contribution in [-0.4, -0.2) is 22.3 Å². The van der Waals surface area contributed by atoms with Crippen LogP contribution in [0.15, 0.2) is 21.2 Å². The largest absolute Gasteiger partial charge is 0.403 e.